The van der Waals surface area contributed by atoms with Crippen molar-refractivity contribution in [1.82, 2.24) is 0 Å². The highest BCUT2D eigenvalue weighted by Gasteiger charge is 2.34. The maximum absolute atomic E-state index is 6.33. The van der Waals surface area contributed by atoms with Crippen molar-refractivity contribution >= 4 is 78.5 Å². The minimum Gasteiger partial charge on any atom is -0.440 e. The Morgan fingerprint density at radius 1 is 0.474 bits per heavy atom. The molecular weight excluding hydrogens is 625 g/mol. The van der Waals surface area contributed by atoms with Crippen molar-refractivity contribution in [3.05, 3.63) is 0 Å². The third-order valence-electron chi connectivity index (χ3n) is 4.25. The number of rotatable bonds is 15. The summed E-state index contributed by atoms with van der Waals surface area (Å²) in [6.45, 7) is 44.2. The fourth-order valence-corrected chi connectivity index (χ4v) is 34.6. The molecule has 234 valence electrons. The summed E-state index contributed by atoms with van der Waals surface area (Å²) in [6, 6.07) is 1.27. The summed E-state index contributed by atoms with van der Waals surface area (Å²) in [6.07, 6.45) is 2.56. The zero-order chi connectivity index (χ0) is 31.2. The summed E-state index contributed by atoms with van der Waals surface area (Å²) < 4.78 is 35.9. The Kier molecular flexibility index (Phi) is 23.0. The van der Waals surface area contributed by atoms with Crippen molar-refractivity contribution in [3.8, 4) is 0 Å². The topological polar surface area (TPSA) is 55.4 Å². The minimum atomic E-state index is -1.83. The summed E-state index contributed by atoms with van der Waals surface area (Å²) in [5, 5.41) is 0. The van der Waals surface area contributed by atoms with Gasteiger partial charge in [0.15, 0.2) is 52.1 Å². The Labute approximate surface area is 252 Å². The Balaban J connectivity index is -0.000000491. The lowest BCUT2D eigenvalue weighted by atomic mass is 10.4. The zero-order valence-electron chi connectivity index (χ0n) is 29.4. The van der Waals surface area contributed by atoms with E-state index in [1.807, 2.05) is 0 Å². The van der Waals surface area contributed by atoms with Gasteiger partial charge in [0.2, 0.25) is 0 Å². The lowest BCUT2D eigenvalue weighted by Crippen LogP contribution is -2.48. The quantitative estimate of drug-likeness (QED) is 0.162. The van der Waals surface area contributed by atoms with E-state index < -0.39 is 78.5 Å². The molecule has 0 bridgehead atoms. The second-order valence-corrected chi connectivity index (χ2v) is 45.3. The maximum atomic E-state index is 6.33. The van der Waals surface area contributed by atoms with Gasteiger partial charge in [-0.2, -0.15) is 0 Å². The molecule has 0 aromatic carbocycles. The average molecular weight is 696 g/mol. The van der Waals surface area contributed by atoms with E-state index >= 15 is 0 Å². The summed E-state index contributed by atoms with van der Waals surface area (Å²) in [7, 11) is -11.8. The lowest BCUT2D eigenvalue weighted by Gasteiger charge is -2.34. The molecular formula is C23H70O6Si9. The largest absolute Gasteiger partial charge is 0.440 e. The molecule has 38 heavy (non-hydrogen) atoms. The van der Waals surface area contributed by atoms with Crippen molar-refractivity contribution in [2.45, 2.75) is 150 Å². The van der Waals surface area contributed by atoms with E-state index in [2.05, 4.69) is 131 Å². The average Bonchev–Trinajstić information content (AvgIpc) is 2.52. The van der Waals surface area contributed by atoms with Gasteiger partial charge in [-0.05, 0) is 130 Å². The predicted molar refractivity (Wildman–Crippen MR) is 195 cm³/mol. The molecule has 0 atom stereocenters. The molecule has 0 aliphatic heterocycles. The first-order chi connectivity index (χ1) is 16.6. The first-order valence-electron chi connectivity index (χ1n) is 14.7. The molecule has 0 spiro atoms. The van der Waals surface area contributed by atoms with Crippen LogP contribution < -0.4 is 0 Å². The fourth-order valence-electron chi connectivity index (χ4n) is 4.09. The Morgan fingerprint density at radius 3 is 1.05 bits per heavy atom. The standard InChI is InChI=1S/C10H28O2Si3.C7H22O2Si3.C6H20O2Si3/c1-8-9-10-14(4,5)12-15(6,7)11-13(2)3;1-10(8-11(2,3)4)9-12(5,6)7;1-9(2)7-11(5,6)8-10(3)4/h13H,8-10H2,1-7H3;10H,1-7H3;9-10H,1-6H3. The van der Waals surface area contributed by atoms with Crippen LogP contribution in [0.4, 0.5) is 0 Å². The molecule has 0 unspecified atom stereocenters. The summed E-state index contributed by atoms with van der Waals surface area (Å²) in [5.74, 6) is 0. The molecule has 0 fully saturated rings. The molecule has 0 amide bonds. The Morgan fingerprint density at radius 2 is 0.789 bits per heavy atom. The molecule has 0 saturated heterocycles. The lowest BCUT2D eigenvalue weighted by molar-refractivity contribution is 0.399. The molecule has 0 N–H and O–H groups in total. The second kappa shape index (κ2) is 19.8. The molecule has 0 rings (SSSR count). The zero-order valence-corrected chi connectivity index (χ0v) is 39.0. The smallest absolute Gasteiger partial charge is 0.310 e. The van der Waals surface area contributed by atoms with Crippen molar-refractivity contribution in [2.75, 3.05) is 0 Å². The number of unbranched alkanes of at least 4 members (excludes halogenated alkanes) is 1. The third kappa shape index (κ3) is 35.7. The summed E-state index contributed by atoms with van der Waals surface area (Å²) >= 11 is 0. The summed E-state index contributed by atoms with van der Waals surface area (Å²) in [4.78, 5) is 0. The highest BCUT2D eigenvalue weighted by atomic mass is 28.5. The molecule has 15 heteroatoms. The van der Waals surface area contributed by atoms with Crippen LogP contribution in [0.15, 0.2) is 0 Å². The van der Waals surface area contributed by atoms with Crippen LogP contribution >= 0.6 is 0 Å². The van der Waals surface area contributed by atoms with Gasteiger partial charge in [0, 0.05) is 0 Å². The van der Waals surface area contributed by atoms with E-state index in [-0.39, 0.29) is 0 Å². The Hall–Kier alpha value is 1.71. The molecule has 0 heterocycles. The van der Waals surface area contributed by atoms with Crippen LogP contribution in [0.5, 0.6) is 0 Å². The summed E-state index contributed by atoms with van der Waals surface area (Å²) in [5.41, 5.74) is 0. The number of hydrogen-bond acceptors (Lipinski definition) is 6. The molecule has 0 aromatic heterocycles. The molecule has 0 aromatic rings. The van der Waals surface area contributed by atoms with Crippen molar-refractivity contribution in [3.63, 3.8) is 0 Å². The van der Waals surface area contributed by atoms with Gasteiger partial charge in [-0.1, -0.05) is 19.8 Å². The highest BCUT2D eigenvalue weighted by molar-refractivity contribution is 6.84. The first kappa shape index (κ1) is 44.2. The SMILES string of the molecule is CCCC[Si](C)(C)O[Si](C)(C)O[SiH](C)C.C[SiH](C)O[Si](C)(C)O[SiH](C)C.C[SiH](O[Si](C)(C)C)O[Si](C)(C)C. The number of hydrogen-bond donors (Lipinski definition) is 0. The van der Waals surface area contributed by atoms with E-state index in [4.69, 9.17) is 24.7 Å². The fraction of sp³-hybridized carbons (Fsp3) is 1.00. The van der Waals surface area contributed by atoms with E-state index in [1.165, 1.54) is 18.9 Å². The van der Waals surface area contributed by atoms with E-state index in [9.17, 15) is 0 Å². The minimum absolute atomic E-state index is 0.895. The maximum Gasteiger partial charge on any atom is 0.310 e. The van der Waals surface area contributed by atoms with Gasteiger partial charge >= 0.3 is 17.1 Å². The van der Waals surface area contributed by atoms with Crippen LogP contribution in [0.25, 0.3) is 0 Å². The second-order valence-electron chi connectivity index (χ2n) is 14.3. The van der Waals surface area contributed by atoms with Crippen LogP contribution in [0, 0.1) is 0 Å². The van der Waals surface area contributed by atoms with Gasteiger partial charge in [-0.25, -0.2) is 0 Å². The molecule has 6 nitrogen and oxygen atoms in total. The Bertz CT molecular complexity index is 565. The van der Waals surface area contributed by atoms with E-state index in [0.717, 1.165) is 0 Å². The van der Waals surface area contributed by atoms with Crippen LogP contribution in [-0.2, 0) is 24.7 Å². The van der Waals surface area contributed by atoms with Gasteiger partial charge in [0.1, 0.15) is 0 Å². The highest BCUT2D eigenvalue weighted by Crippen LogP contribution is 2.22. The van der Waals surface area contributed by atoms with E-state index in [0.29, 0.717) is 0 Å². The molecule has 0 aliphatic carbocycles. The van der Waals surface area contributed by atoms with Gasteiger partial charge < -0.3 is 24.7 Å². The van der Waals surface area contributed by atoms with Crippen LogP contribution in [0.1, 0.15) is 19.8 Å². The van der Waals surface area contributed by atoms with E-state index in [1.54, 1.807) is 0 Å². The van der Waals surface area contributed by atoms with Crippen molar-refractivity contribution in [2.24, 2.45) is 0 Å². The molecule has 0 saturated carbocycles. The normalized spacial score (nSPS) is 13.6. The van der Waals surface area contributed by atoms with Gasteiger partial charge in [0.25, 0.3) is 9.28 Å². The first-order valence-corrected chi connectivity index (χ1v) is 40.7. The van der Waals surface area contributed by atoms with Gasteiger partial charge in [-0.15, -0.1) is 0 Å². The predicted octanol–water partition coefficient (Wildman–Crippen LogP) is 7.94. The van der Waals surface area contributed by atoms with Crippen molar-refractivity contribution in [1.29, 1.82) is 0 Å². The monoisotopic (exact) mass is 694 g/mol. The third-order valence-corrected chi connectivity index (χ3v) is 30.8. The van der Waals surface area contributed by atoms with Gasteiger partial charge in [0.05, 0.1) is 0 Å². The van der Waals surface area contributed by atoms with Crippen LogP contribution in [-0.4, -0.2) is 78.5 Å². The molecule has 0 radical (unpaired) electrons. The van der Waals surface area contributed by atoms with Crippen LogP contribution in [0.3, 0.4) is 0 Å². The van der Waals surface area contributed by atoms with Crippen LogP contribution in [0.2, 0.25) is 130 Å². The molecule has 0 aliphatic rings. The van der Waals surface area contributed by atoms with Crippen molar-refractivity contribution < 1.29 is 24.7 Å². The van der Waals surface area contributed by atoms with Gasteiger partial charge in [-0.3, -0.25) is 0 Å².